The number of hydrogen-bond donors (Lipinski definition) is 1. The maximum absolute atomic E-state index is 11.0. The number of ether oxygens (including phenoxy) is 1. The molecule has 0 bridgehead atoms. The highest BCUT2D eigenvalue weighted by molar-refractivity contribution is 5.49. The zero-order valence-corrected chi connectivity index (χ0v) is 12.5. The van der Waals surface area contributed by atoms with Gasteiger partial charge in [0.1, 0.15) is 17.9 Å². The van der Waals surface area contributed by atoms with Crippen LogP contribution in [-0.2, 0) is 0 Å². The Morgan fingerprint density at radius 2 is 2.14 bits per heavy atom. The van der Waals surface area contributed by atoms with E-state index in [2.05, 4.69) is 11.4 Å². The Bertz CT molecular complexity index is 605. The molecule has 0 radical (unpaired) electrons. The summed E-state index contributed by atoms with van der Waals surface area (Å²) >= 11 is 0. The molecule has 1 aliphatic carbocycles. The van der Waals surface area contributed by atoms with Gasteiger partial charge >= 0.3 is 0 Å². The van der Waals surface area contributed by atoms with Crippen molar-refractivity contribution < 1.29 is 9.66 Å². The van der Waals surface area contributed by atoms with Crippen LogP contribution in [-0.4, -0.2) is 24.1 Å². The van der Waals surface area contributed by atoms with Gasteiger partial charge in [-0.15, -0.1) is 0 Å². The third-order valence-electron chi connectivity index (χ3n) is 4.07. The number of nitrogens with one attached hydrogen (secondary N) is 1. The highest BCUT2D eigenvalue weighted by Crippen LogP contribution is 2.40. The summed E-state index contributed by atoms with van der Waals surface area (Å²) in [6, 6.07) is 5.47. The van der Waals surface area contributed by atoms with Crippen molar-refractivity contribution in [2.45, 2.75) is 32.2 Å². The third kappa shape index (κ3) is 2.98. The fourth-order valence-corrected chi connectivity index (χ4v) is 2.52. The molecule has 6 heteroatoms. The average molecular weight is 289 g/mol. The maximum atomic E-state index is 11.0. The quantitative estimate of drug-likeness (QED) is 0.642. The predicted molar refractivity (Wildman–Crippen MR) is 78.2 cm³/mol. The van der Waals surface area contributed by atoms with Gasteiger partial charge in [0.15, 0.2) is 0 Å². The van der Waals surface area contributed by atoms with Crippen molar-refractivity contribution in [2.75, 3.05) is 13.7 Å². The molecule has 0 aliphatic heterocycles. The Morgan fingerprint density at radius 3 is 2.62 bits per heavy atom. The van der Waals surface area contributed by atoms with Crippen LogP contribution in [0.5, 0.6) is 5.75 Å². The summed E-state index contributed by atoms with van der Waals surface area (Å²) in [7, 11) is 1.75. The molecule has 0 saturated heterocycles. The van der Waals surface area contributed by atoms with Gasteiger partial charge in [-0.25, -0.2) is 0 Å². The number of likely N-dealkylation sites (N-methyl/N-ethyl adjacent to an activating group) is 1. The topological polar surface area (TPSA) is 88.2 Å². The Kier molecular flexibility index (Phi) is 4.14. The summed E-state index contributed by atoms with van der Waals surface area (Å²) < 4.78 is 5.74. The SMILES string of the molecule is CNC(C#N)(COc1cc([N+](=O)[O-])c(C)cc1C)C1CC1. The first-order chi connectivity index (χ1) is 9.93. The zero-order valence-electron chi connectivity index (χ0n) is 12.5. The van der Waals surface area contributed by atoms with E-state index in [9.17, 15) is 15.4 Å². The first-order valence-electron chi connectivity index (χ1n) is 6.92. The van der Waals surface area contributed by atoms with E-state index in [0.717, 1.165) is 18.4 Å². The summed E-state index contributed by atoms with van der Waals surface area (Å²) in [5.74, 6) is 0.746. The summed E-state index contributed by atoms with van der Waals surface area (Å²) in [6.07, 6.45) is 2.01. The van der Waals surface area contributed by atoms with E-state index in [4.69, 9.17) is 4.74 Å². The summed E-state index contributed by atoms with van der Waals surface area (Å²) in [6.45, 7) is 3.73. The molecule has 0 spiro atoms. The number of nitro benzene ring substituents is 1. The van der Waals surface area contributed by atoms with E-state index in [1.165, 1.54) is 6.07 Å². The molecule has 1 aromatic rings. The van der Waals surface area contributed by atoms with Crippen molar-refractivity contribution in [3.8, 4) is 11.8 Å². The number of benzene rings is 1. The van der Waals surface area contributed by atoms with E-state index in [1.54, 1.807) is 20.0 Å². The lowest BCUT2D eigenvalue weighted by Crippen LogP contribution is -2.49. The minimum atomic E-state index is -0.716. The fourth-order valence-electron chi connectivity index (χ4n) is 2.52. The van der Waals surface area contributed by atoms with E-state index in [-0.39, 0.29) is 18.2 Å². The molecule has 1 N–H and O–H groups in total. The lowest BCUT2D eigenvalue weighted by Gasteiger charge is -2.26. The van der Waals surface area contributed by atoms with Crippen LogP contribution in [0.1, 0.15) is 24.0 Å². The maximum Gasteiger partial charge on any atom is 0.276 e. The second-order valence-corrected chi connectivity index (χ2v) is 5.56. The van der Waals surface area contributed by atoms with Gasteiger partial charge in [-0.05, 0) is 51.3 Å². The molecule has 6 nitrogen and oxygen atoms in total. The molecular formula is C15H19N3O3. The molecule has 0 aromatic heterocycles. The first-order valence-corrected chi connectivity index (χ1v) is 6.92. The fraction of sp³-hybridized carbons (Fsp3) is 0.533. The highest BCUT2D eigenvalue weighted by atomic mass is 16.6. The van der Waals surface area contributed by atoms with Gasteiger partial charge in [0.05, 0.1) is 17.1 Å². The van der Waals surface area contributed by atoms with Gasteiger partial charge in [-0.2, -0.15) is 5.26 Å². The van der Waals surface area contributed by atoms with Crippen molar-refractivity contribution in [1.82, 2.24) is 5.32 Å². The highest BCUT2D eigenvalue weighted by Gasteiger charge is 2.45. The van der Waals surface area contributed by atoms with Crippen molar-refractivity contribution in [2.24, 2.45) is 5.92 Å². The van der Waals surface area contributed by atoms with Gasteiger partial charge in [0.2, 0.25) is 0 Å². The normalized spacial score (nSPS) is 16.9. The molecule has 0 amide bonds. The number of hydrogen-bond acceptors (Lipinski definition) is 5. The largest absolute Gasteiger partial charge is 0.490 e. The second kappa shape index (κ2) is 5.70. The van der Waals surface area contributed by atoms with E-state index in [1.807, 2.05) is 6.92 Å². The van der Waals surface area contributed by atoms with Crippen LogP contribution in [0.25, 0.3) is 0 Å². The minimum absolute atomic E-state index is 0.0361. The molecule has 1 atom stereocenters. The molecule has 0 heterocycles. The molecule has 1 aromatic carbocycles. The van der Waals surface area contributed by atoms with Crippen LogP contribution in [0.3, 0.4) is 0 Å². The van der Waals surface area contributed by atoms with Gasteiger partial charge in [0, 0.05) is 5.56 Å². The molecule has 1 unspecified atom stereocenters. The smallest absolute Gasteiger partial charge is 0.276 e. The summed E-state index contributed by atoms with van der Waals surface area (Å²) in [5, 5.41) is 23.5. The summed E-state index contributed by atoms with van der Waals surface area (Å²) in [4.78, 5) is 10.6. The number of aryl methyl sites for hydroxylation is 2. The van der Waals surface area contributed by atoms with E-state index < -0.39 is 10.5 Å². The van der Waals surface area contributed by atoms with Gasteiger partial charge in [-0.1, -0.05) is 0 Å². The van der Waals surface area contributed by atoms with Crippen LogP contribution in [0.4, 0.5) is 5.69 Å². The average Bonchev–Trinajstić information content (AvgIpc) is 3.27. The van der Waals surface area contributed by atoms with Crippen LogP contribution in [0, 0.1) is 41.2 Å². The molecule has 2 rings (SSSR count). The van der Waals surface area contributed by atoms with Crippen molar-refractivity contribution >= 4 is 5.69 Å². The Hall–Kier alpha value is -2.13. The standard InChI is InChI=1S/C15H19N3O3/c1-10-6-11(2)14(7-13(10)18(19)20)21-9-15(8-16,17-3)12-4-5-12/h6-7,12,17H,4-5,9H2,1-3H3. The zero-order chi connectivity index (χ0) is 15.6. The molecule has 1 aliphatic rings. The van der Waals surface area contributed by atoms with Gasteiger partial charge in [0.25, 0.3) is 5.69 Å². The van der Waals surface area contributed by atoms with E-state index >= 15 is 0 Å². The summed E-state index contributed by atoms with van der Waals surface area (Å²) in [5.41, 5.74) is 0.754. The van der Waals surface area contributed by atoms with Crippen molar-refractivity contribution in [3.63, 3.8) is 0 Å². The Balaban J connectivity index is 2.22. The molecule has 1 fully saturated rings. The first kappa shape index (κ1) is 15.3. The molecule has 1 saturated carbocycles. The Labute approximate surface area is 123 Å². The lowest BCUT2D eigenvalue weighted by molar-refractivity contribution is -0.385. The number of nitro groups is 1. The van der Waals surface area contributed by atoms with Crippen LogP contribution in [0.2, 0.25) is 0 Å². The number of nitriles is 1. The predicted octanol–water partition coefficient (Wildman–Crippen LogP) is 2.48. The molecule has 112 valence electrons. The van der Waals surface area contributed by atoms with Gasteiger partial charge in [-0.3, -0.25) is 15.4 Å². The molecule has 21 heavy (non-hydrogen) atoms. The minimum Gasteiger partial charge on any atom is -0.490 e. The second-order valence-electron chi connectivity index (χ2n) is 5.56. The van der Waals surface area contributed by atoms with Crippen molar-refractivity contribution in [3.05, 3.63) is 33.4 Å². The lowest BCUT2D eigenvalue weighted by atomic mass is 9.96. The Morgan fingerprint density at radius 1 is 1.48 bits per heavy atom. The van der Waals surface area contributed by atoms with Crippen LogP contribution < -0.4 is 10.1 Å². The van der Waals surface area contributed by atoms with Gasteiger partial charge < -0.3 is 4.74 Å². The monoisotopic (exact) mass is 289 g/mol. The van der Waals surface area contributed by atoms with Crippen LogP contribution in [0.15, 0.2) is 12.1 Å². The van der Waals surface area contributed by atoms with Crippen LogP contribution >= 0.6 is 0 Å². The molecular weight excluding hydrogens is 270 g/mol. The van der Waals surface area contributed by atoms with E-state index in [0.29, 0.717) is 11.3 Å². The van der Waals surface area contributed by atoms with Crippen molar-refractivity contribution in [1.29, 1.82) is 5.26 Å². The number of rotatable bonds is 6. The number of nitrogens with zero attached hydrogens (tertiary/aromatic N) is 2. The third-order valence-corrected chi connectivity index (χ3v) is 4.07.